The van der Waals surface area contributed by atoms with E-state index in [0.29, 0.717) is 16.4 Å². The second-order valence-corrected chi connectivity index (χ2v) is 4.90. The van der Waals surface area contributed by atoms with Gasteiger partial charge in [0.1, 0.15) is 11.5 Å². The first-order valence-corrected chi connectivity index (χ1v) is 6.57. The SMILES string of the molecule is COc1cc(C=NNc2nc(C)cs2)c(O)cc1C. The van der Waals surface area contributed by atoms with Gasteiger partial charge in [-0.25, -0.2) is 4.98 Å². The monoisotopic (exact) mass is 277 g/mol. The molecule has 2 rings (SSSR count). The summed E-state index contributed by atoms with van der Waals surface area (Å²) >= 11 is 1.48. The maximum Gasteiger partial charge on any atom is 0.203 e. The van der Waals surface area contributed by atoms with Crippen molar-refractivity contribution in [3.63, 3.8) is 0 Å². The first-order valence-electron chi connectivity index (χ1n) is 5.69. The smallest absolute Gasteiger partial charge is 0.203 e. The number of nitrogens with zero attached hydrogens (tertiary/aromatic N) is 2. The van der Waals surface area contributed by atoms with E-state index in [-0.39, 0.29) is 5.75 Å². The Labute approximate surface area is 115 Å². The van der Waals surface area contributed by atoms with Crippen molar-refractivity contribution in [1.29, 1.82) is 0 Å². The normalized spacial score (nSPS) is 10.9. The average Bonchev–Trinajstić information content (AvgIpc) is 2.78. The lowest BCUT2D eigenvalue weighted by atomic mass is 10.1. The number of hydrogen-bond donors (Lipinski definition) is 2. The molecular formula is C13H15N3O2S. The van der Waals surface area contributed by atoms with Crippen molar-refractivity contribution in [1.82, 2.24) is 4.98 Å². The van der Waals surface area contributed by atoms with Gasteiger partial charge in [0, 0.05) is 10.9 Å². The minimum Gasteiger partial charge on any atom is -0.507 e. The fraction of sp³-hybridized carbons (Fsp3) is 0.231. The maximum absolute atomic E-state index is 9.83. The molecule has 0 atom stereocenters. The topological polar surface area (TPSA) is 66.7 Å². The number of aromatic nitrogens is 1. The number of benzene rings is 1. The number of ether oxygens (including phenoxy) is 1. The fourth-order valence-corrected chi connectivity index (χ4v) is 2.21. The van der Waals surface area contributed by atoms with Crippen LogP contribution in [0.2, 0.25) is 0 Å². The van der Waals surface area contributed by atoms with Gasteiger partial charge in [0.05, 0.1) is 19.0 Å². The third-order valence-electron chi connectivity index (χ3n) is 2.53. The predicted molar refractivity (Wildman–Crippen MR) is 77.5 cm³/mol. The van der Waals surface area contributed by atoms with E-state index in [1.165, 1.54) is 17.6 Å². The van der Waals surface area contributed by atoms with Crippen molar-refractivity contribution in [2.45, 2.75) is 13.8 Å². The highest BCUT2D eigenvalue weighted by Gasteiger charge is 2.05. The van der Waals surface area contributed by atoms with Crippen LogP contribution in [-0.4, -0.2) is 23.4 Å². The van der Waals surface area contributed by atoms with Crippen LogP contribution >= 0.6 is 11.3 Å². The first kappa shape index (κ1) is 13.4. The van der Waals surface area contributed by atoms with Gasteiger partial charge in [0.2, 0.25) is 5.13 Å². The second kappa shape index (κ2) is 5.71. The van der Waals surface area contributed by atoms with Gasteiger partial charge in [0.15, 0.2) is 0 Å². The third-order valence-corrected chi connectivity index (χ3v) is 3.39. The molecule has 0 saturated carbocycles. The van der Waals surface area contributed by atoms with Gasteiger partial charge in [-0.05, 0) is 31.5 Å². The summed E-state index contributed by atoms with van der Waals surface area (Å²) in [6, 6.07) is 3.39. The van der Waals surface area contributed by atoms with Crippen LogP contribution in [0.4, 0.5) is 5.13 Å². The molecule has 0 bridgehead atoms. The molecule has 1 heterocycles. The van der Waals surface area contributed by atoms with E-state index in [0.717, 1.165) is 11.3 Å². The first-order chi connectivity index (χ1) is 9.10. The molecule has 0 fully saturated rings. The molecule has 2 aromatic rings. The molecule has 6 heteroatoms. The fourth-order valence-electron chi connectivity index (χ4n) is 1.57. The lowest BCUT2D eigenvalue weighted by molar-refractivity contribution is 0.409. The standard InChI is InChI=1S/C13H15N3O2S/c1-8-4-11(17)10(5-12(8)18-3)6-14-16-13-15-9(2)7-19-13/h4-7,17H,1-3H3,(H,15,16). The predicted octanol–water partition coefficient (Wildman–Crippen LogP) is 2.92. The number of nitrogens with one attached hydrogen (secondary N) is 1. The number of aromatic hydroxyl groups is 1. The van der Waals surface area contributed by atoms with Crippen molar-refractivity contribution in [2.75, 3.05) is 12.5 Å². The minimum atomic E-state index is 0.166. The Hall–Kier alpha value is -2.08. The number of phenolic OH excluding ortho intramolecular Hbond substituents is 1. The molecule has 0 aliphatic heterocycles. The number of methoxy groups -OCH3 is 1. The molecule has 0 aliphatic carbocycles. The summed E-state index contributed by atoms with van der Waals surface area (Å²) in [6.07, 6.45) is 1.54. The van der Waals surface area contributed by atoms with E-state index < -0.39 is 0 Å². The Morgan fingerprint density at radius 2 is 2.21 bits per heavy atom. The van der Waals surface area contributed by atoms with Crippen molar-refractivity contribution in [2.24, 2.45) is 5.10 Å². The number of hydrogen-bond acceptors (Lipinski definition) is 6. The lowest BCUT2D eigenvalue weighted by Gasteiger charge is -2.07. The summed E-state index contributed by atoms with van der Waals surface area (Å²) < 4.78 is 5.21. The minimum absolute atomic E-state index is 0.166. The Morgan fingerprint density at radius 1 is 1.42 bits per heavy atom. The van der Waals surface area contributed by atoms with Crippen molar-refractivity contribution in [3.8, 4) is 11.5 Å². The van der Waals surface area contributed by atoms with Crippen molar-refractivity contribution < 1.29 is 9.84 Å². The van der Waals surface area contributed by atoms with E-state index in [1.54, 1.807) is 19.2 Å². The van der Waals surface area contributed by atoms with Gasteiger partial charge in [0.25, 0.3) is 0 Å². The van der Waals surface area contributed by atoms with Gasteiger partial charge >= 0.3 is 0 Å². The van der Waals surface area contributed by atoms with Crippen LogP contribution in [-0.2, 0) is 0 Å². The molecule has 100 valence electrons. The average molecular weight is 277 g/mol. The van der Waals surface area contributed by atoms with Crippen LogP contribution in [0.1, 0.15) is 16.8 Å². The summed E-state index contributed by atoms with van der Waals surface area (Å²) in [5.41, 5.74) is 5.23. The van der Waals surface area contributed by atoms with Gasteiger partial charge in [-0.1, -0.05) is 0 Å². The molecule has 0 saturated heterocycles. The number of thiazole rings is 1. The zero-order valence-electron chi connectivity index (χ0n) is 11.0. The molecular weight excluding hydrogens is 262 g/mol. The molecule has 5 nitrogen and oxygen atoms in total. The number of phenols is 1. The van der Waals surface area contributed by atoms with E-state index in [9.17, 15) is 5.11 Å². The number of aryl methyl sites for hydroxylation is 2. The summed E-state index contributed by atoms with van der Waals surface area (Å²) in [4.78, 5) is 4.22. The van der Waals surface area contributed by atoms with Gasteiger partial charge in [-0.3, -0.25) is 5.43 Å². The molecule has 19 heavy (non-hydrogen) atoms. The largest absolute Gasteiger partial charge is 0.507 e. The molecule has 0 spiro atoms. The second-order valence-electron chi connectivity index (χ2n) is 4.04. The summed E-state index contributed by atoms with van der Waals surface area (Å²) in [6.45, 7) is 3.79. The zero-order chi connectivity index (χ0) is 13.8. The van der Waals surface area contributed by atoms with Crippen LogP contribution in [0.5, 0.6) is 11.5 Å². The van der Waals surface area contributed by atoms with E-state index in [4.69, 9.17) is 4.74 Å². The highest BCUT2D eigenvalue weighted by molar-refractivity contribution is 7.13. The molecule has 2 N–H and O–H groups in total. The van der Waals surface area contributed by atoms with E-state index >= 15 is 0 Å². The lowest BCUT2D eigenvalue weighted by Crippen LogP contribution is -1.93. The zero-order valence-corrected chi connectivity index (χ0v) is 11.8. The number of anilines is 1. The Balaban J connectivity index is 2.14. The molecule has 0 amide bonds. The van der Waals surface area contributed by atoms with Crippen LogP contribution in [0.15, 0.2) is 22.6 Å². The van der Waals surface area contributed by atoms with Crippen LogP contribution in [0, 0.1) is 13.8 Å². The summed E-state index contributed by atoms with van der Waals surface area (Å²) in [7, 11) is 1.59. The van der Waals surface area contributed by atoms with Crippen LogP contribution < -0.4 is 10.2 Å². The van der Waals surface area contributed by atoms with Gasteiger partial charge in [-0.15, -0.1) is 11.3 Å². The molecule has 1 aromatic carbocycles. The van der Waals surface area contributed by atoms with Crippen molar-refractivity contribution >= 4 is 22.7 Å². The van der Waals surface area contributed by atoms with Crippen molar-refractivity contribution in [3.05, 3.63) is 34.3 Å². The van der Waals surface area contributed by atoms with E-state index in [1.807, 2.05) is 19.2 Å². The van der Waals surface area contributed by atoms with Crippen LogP contribution in [0.3, 0.4) is 0 Å². The highest BCUT2D eigenvalue weighted by atomic mass is 32.1. The van der Waals surface area contributed by atoms with Gasteiger partial charge in [-0.2, -0.15) is 5.10 Å². The molecule has 1 aromatic heterocycles. The van der Waals surface area contributed by atoms with Crippen LogP contribution in [0.25, 0.3) is 0 Å². The number of rotatable bonds is 4. The Morgan fingerprint density at radius 3 is 2.84 bits per heavy atom. The molecule has 0 radical (unpaired) electrons. The Bertz CT molecular complexity index is 608. The quantitative estimate of drug-likeness (QED) is 0.666. The highest BCUT2D eigenvalue weighted by Crippen LogP contribution is 2.26. The summed E-state index contributed by atoms with van der Waals surface area (Å²) in [5, 5.41) is 16.5. The third kappa shape index (κ3) is 3.23. The van der Waals surface area contributed by atoms with Gasteiger partial charge < -0.3 is 9.84 Å². The molecule has 0 aliphatic rings. The maximum atomic E-state index is 9.83. The summed E-state index contributed by atoms with van der Waals surface area (Å²) in [5.74, 6) is 0.878. The number of hydrazone groups is 1. The van der Waals surface area contributed by atoms with E-state index in [2.05, 4.69) is 15.5 Å². The Kier molecular flexibility index (Phi) is 4.01. The molecule has 0 unspecified atom stereocenters.